The van der Waals surface area contributed by atoms with Crippen LogP contribution in [-0.4, -0.2) is 25.4 Å². The maximum absolute atomic E-state index is 9.75. The molecule has 1 rings (SSSR count). The molecule has 1 heterocycles. The molecule has 4 heteroatoms. The molecule has 1 atom stereocenters. The first kappa shape index (κ1) is 11.5. The summed E-state index contributed by atoms with van der Waals surface area (Å²) in [6.45, 7) is 3.06. The van der Waals surface area contributed by atoms with Crippen molar-refractivity contribution in [3.8, 4) is 5.75 Å². The maximum Gasteiger partial charge on any atom is 0.135 e. The number of ether oxygens (including phenoxy) is 2. The van der Waals surface area contributed by atoms with Crippen LogP contribution in [0.3, 0.4) is 0 Å². The van der Waals surface area contributed by atoms with Crippen molar-refractivity contribution in [1.82, 2.24) is 0 Å². The molecule has 0 radical (unpaired) electrons. The molecule has 0 spiro atoms. The van der Waals surface area contributed by atoms with Crippen LogP contribution in [0.15, 0.2) is 11.4 Å². The lowest BCUT2D eigenvalue weighted by molar-refractivity contribution is 0.0371. The van der Waals surface area contributed by atoms with Gasteiger partial charge in [0.1, 0.15) is 11.9 Å². The van der Waals surface area contributed by atoms with Gasteiger partial charge >= 0.3 is 0 Å². The molecule has 1 aromatic heterocycles. The summed E-state index contributed by atoms with van der Waals surface area (Å²) in [6, 6.07) is 1.85. The second-order valence-electron chi connectivity index (χ2n) is 2.94. The summed E-state index contributed by atoms with van der Waals surface area (Å²) in [4.78, 5) is 0.837. The average molecular weight is 216 g/mol. The molecule has 1 N–H and O–H groups in total. The van der Waals surface area contributed by atoms with Crippen molar-refractivity contribution in [1.29, 1.82) is 0 Å². The third-order valence-electron chi connectivity index (χ3n) is 1.80. The molecule has 0 aliphatic carbocycles. The van der Waals surface area contributed by atoms with E-state index < -0.39 is 6.10 Å². The normalized spacial score (nSPS) is 12.8. The molecule has 1 unspecified atom stereocenters. The van der Waals surface area contributed by atoms with Crippen molar-refractivity contribution >= 4 is 11.3 Å². The predicted molar refractivity (Wildman–Crippen MR) is 56.9 cm³/mol. The van der Waals surface area contributed by atoms with Crippen molar-refractivity contribution in [2.75, 3.05) is 20.3 Å². The highest BCUT2D eigenvalue weighted by atomic mass is 32.1. The Labute approximate surface area is 88.3 Å². The van der Waals surface area contributed by atoms with E-state index >= 15 is 0 Å². The Kier molecular flexibility index (Phi) is 4.93. The largest absolute Gasteiger partial charge is 0.495 e. The summed E-state index contributed by atoms with van der Waals surface area (Å²) in [5.41, 5.74) is 0. The van der Waals surface area contributed by atoms with Crippen molar-refractivity contribution < 1.29 is 14.6 Å². The van der Waals surface area contributed by atoms with E-state index in [1.54, 1.807) is 7.11 Å². The molecule has 0 saturated carbocycles. The molecule has 0 bridgehead atoms. The van der Waals surface area contributed by atoms with Gasteiger partial charge in [0.15, 0.2) is 0 Å². The summed E-state index contributed by atoms with van der Waals surface area (Å²) in [6.07, 6.45) is 0.394. The first-order valence-electron chi connectivity index (χ1n) is 4.66. The van der Waals surface area contributed by atoms with E-state index in [9.17, 15) is 5.11 Å². The van der Waals surface area contributed by atoms with Gasteiger partial charge in [0, 0.05) is 6.61 Å². The summed E-state index contributed by atoms with van der Waals surface area (Å²) < 4.78 is 10.4. The van der Waals surface area contributed by atoms with Crippen LogP contribution in [0.2, 0.25) is 0 Å². The fourth-order valence-corrected chi connectivity index (χ4v) is 1.97. The van der Waals surface area contributed by atoms with Gasteiger partial charge in [0.05, 0.1) is 18.6 Å². The van der Waals surface area contributed by atoms with E-state index in [2.05, 4.69) is 0 Å². The van der Waals surface area contributed by atoms with Crippen molar-refractivity contribution in [3.63, 3.8) is 0 Å². The molecule has 80 valence electrons. The van der Waals surface area contributed by atoms with Gasteiger partial charge < -0.3 is 14.6 Å². The van der Waals surface area contributed by atoms with Crippen LogP contribution < -0.4 is 4.74 Å². The van der Waals surface area contributed by atoms with Crippen LogP contribution in [0.4, 0.5) is 0 Å². The van der Waals surface area contributed by atoms with Crippen LogP contribution in [0.5, 0.6) is 5.75 Å². The first-order chi connectivity index (χ1) is 6.79. The number of rotatable bonds is 6. The monoisotopic (exact) mass is 216 g/mol. The minimum atomic E-state index is -0.573. The molecule has 1 aromatic rings. The summed E-state index contributed by atoms with van der Waals surface area (Å²) >= 11 is 1.49. The zero-order valence-electron chi connectivity index (χ0n) is 8.53. The fourth-order valence-electron chi connectivity index (χ4n) is 1.14. The molecule has 0 saturated heterocycles. The number of aliphatic hydroxyl groups is 1. The highest BCUT2D eigenvalue weighted by Gasteiger charge is 2.14. The Morgan fingerprint density at radius 2 is 2.36 bits per heavy atom. The Balaban J connectivity index is 2.47. The third-order valence-corrected chi connectivity index (χ3v) is 2.80. The van der Waals surface area contributed by atoms with Crippen molar-refractivity contribution in [2.24, 2.45) is 0 Å². The summed E-state index contributed by atoms with van der Waals surface area (Å²) in [5.74, 6) is 0.739. The smallest absolute Gasteiger partial charge is 0.135 e. The zero-order chi connectivity index (χ0) is 10.4. The minimum absolute atomic E-state index is 0.338. The lowest BCUT2D eigenvalue weighted by Gasteiger charge is -2.10. The van der Waals surface area contributed by atoms with Gasteiger partial charge in [-0.25, -0.2) is 0 Å². The van der Waals surface area contributed by atoms with Crippen LogP contribution in [0, 0.1) is 0 Å². The molecule has 0 aliphatic heterocycles. The van der Waals surface area contributed by atoms with E-state index in [1.807, 2.05) is 18.4 Å². The molecule has 0 aromatic carbocycles. The minimum Gasteiger partial charge on any atom is -0.495 e. The second-order valence-corrected chi connectivity index (χ2v) is 3.89. The lowest BCUT2D eigenvalue weighted by Crippen LogP contribution is -2.07. The Morgan fingerprint density at radius 3 is 3.00 bits per heavy atom. The van der Waals surface area contributed by atoms with Gasteiger partial charge in [0.2, 0.25) is 0 Å². The molecule has 14 heavy (non-hydrogen) atoms. The van der Waals surface area contributed by atoms with Gasteiger partial charge in [0.25, 0.3) is 0 Å². The molecule has 0 aliphatic rings. The third kappa shape index (κ3) is 2.97. The number of aliphatic hydroxyl groups excluding tert-OH is 1. The maximum atomic E-state index is 9.75. The standard InChI is InChI=1S/C10H16O3S/c1-3-5-13-7-8(11)10-9(12-2)4-6-14-10/h4,6,8,11H,3,5,7H2,1-2H3. The summed E-state index contributed by atoms with van der Waals surface area (Å²) in [7, 11) is 1.60. The van der Waals surface area contributed by atoms with Gasteiger partial charge in [-0.05, 0) is 17.9 Å². The SMILES string of the molecule is CCCOCC(O)c1sccc1OC. The Hall–Kier alpha value is -0.580. The summed E-state index contributed by atoms with van der Waals surface area (Å²) in [5, 5.41) is 11.7. The number of hydrogen-bond acceptors (Lipinski definition) is 4. The molecular weight excluding hydrogens is 200 g/mol. The number of methoxy groups -OCH3 is 1. The lowest BCUT2D eigenvalue weighted by atomic mass is 10.3. The van der Waals surface area contributed by atoms with Gasteiger partial charge in [-0.2, -0.15) is 0 Å². The molecule has 3 nitrogen and oxygen atoms in total. The Bertz CT molecular complexity index is 260. The van der Waals surface area contributed by atoms with Crippen molar-refractivity contribution in [2.45, 2.75) is 19.4 Å². The molecular formula is C10H16O3S. The van der Waals surface area contributed by atoms with E-state index in [0.717, 1.165) is 17.0 Å². The quantitative estimate of drug-likeness (QED) is 0.741. The van der Waals surface area contributed by atoms with E-state index in [1.165, 1.54) is 11.3 Å². The predicted octanol–water partition coefficient (Wildman–Crippen LogP) is 2.22. The van der Waals surface area contributed by atoms with Crippen LogP contribution in [-0.2, 0) is 4.74 Å². The number of hydrogen-bond donors (Lipinski definition) is 1. The topological polar surface area (TPSA) is 38.7 Å². The zero-order valence-corrected chi connectivity index (χ0v) is 9.34. The van der Waals surface area contributed by atoms with E-state index in [4.69, 9.17) is 9.47 Å². The van der Waals surface area contributed by atoms with Crippen LogP contribution in [0.1, 0.15) is 24.3 Å². The highest BCUT2D eigenvalue weighted by molar-refractivity contribution is 7.10. The molecule has 0 fully saturated rings. The number of thiophene rings is 1. The average Bonchev–Trinajstić information content (AvgIpc) is 2.65. The highest BCUT2D eigenvalue weighted by Crippen LogP contribution is 2.30. The molecule has 0 amide bonds. The van der Waals surface area contributed by atoms with Gasteiger partial charge in [-0.1, -0.05) is 6.92 Å². The van der Waals surface area contributed by atoms with E-state index in [0.29, 0.717) is 13.2 Å². The second kappa shape index (κ2) is 6.01. The Morgan fingerprint density at radius 1 is 1.57 bits per heavy atom. The van der Waals surface area contributed by atoms with E-state index in [-0.39, 0.29) is 0 Å². The van der Waals surface area contributed by atoms with Crippen LogP contribution in [0.25, 0.3) is 0 Å². The van der Waals surface area contributed by atoms with Crippen LogP contribution >= 0.6 is 11.3 Å². The fraction of sp³-hybridized carbons (Fsp3) is 0.600. The van der Waals surface area contributed by atoms with Gasteiger partial charge in [-0.15, -0.1) is 11.3 Å². The van der Waals surface area contributed by atoms with Crippen molar-refractivity contribution in [3.05, 3.63) is 16.3 Å². The first-order valence-corrected chi connectivity index (χ1v) is 5.54. The van der Waals surface area contributed by atoms with Gasteiger partial charge in [-0.3, -0.25) is 0 Å².